The summed E-state index contributed by atoms with van der Waals surface area (Å²) in [5.41, 5.74) is 0. The van der Waals surface area contributed by atoms with E-state index in [9.17, 15) is 30.8 Å². The molecule has 2 fully saturated rings. The number of nitrogens with zero attached hydrogens (tertiary/aromatic N) is 1. The van der Waals surface area contributed by atoms with Gasteiger partial charge in [0, 0.05) is 18.2 Å². The molecule has 3 rings (SSSR count). The highest BCUT2D eigenvalue weighted by Crippen LogP contribution is 2.30. The number of sulfone groups is 1. The molecule has 1 aliphatic carbocycles. The van der Waals surface area contributed by atoms with Gasteiger partial charge in [-0.25, -0.2) is 17.2 Å². The predicted octanol–water partition coefficient (Wildman–Crippen LogP) is 2.97. The minimum Gasteiger partial charge on any atom is -0.477 e. The molecule has 1 heterocycles. The second-order valence-corrected chi connectivity index (χ2v) is 9.46. The summed E-state index contributed by atoms with van der Waals surface area (Å²) in [5, 5.41) is 0. The number of hydrogen-bond donors (Lipinski definition) is 0. The van der Waals surface area contributed by atoms with Crippen molar-refractivity contribution in [2.45, 2.75) is 50.6 Å². The molecule has 156 valence electrons. The van der Waals surface area contributed by atoms with Crippen molar-refractivity contribution >= 4 is 15.7 Å². The van der Waals surface area contributed by atoms with Crippen LogP contribution >= 0.6 is 0 Å². The zero-order valence-corrected chi connectivity index (χ0v) is 15.9. The van der Waals surface area contributed by atoms with Crippen LogP contribution in [0.3, 0.4) is 0 Å². The molecule has 0 spiro atoms. The van der Waals surface area contributed by atoms with Crippen LogP contribution in [0.2, 0.25) is 0 Å². The fourth-order valence-corrected chi connectivity index (χ4v) is 5.66. The minimum atomic E-state index is -3.26. The van der Waals surface area contributed by atoms with E-state index in [0.717, 1.165) is 19.3 Å². The molecule has 0 N–H and O–H groups in total. The molecule has 1 saturated carbocycles. The predicted molar refractivity (Wildman–Crippen MR) is 92.5 cm³/mol. The van der Waals surface area contributed by atoms with Crippen molar-refractivity contribution < 1.29 is 35.5 Å². The molecule has 1 unspecified atom stereocenters. The lowest BCUT2D eigenvalue weighted by atomic mass is 9.93. The van der Waals surface area contributed by atoms with Crippen LogP contribution in [0.4, 0.5) is 17.6 Å². The number of rotatable bonds is 5. The molecular formula is C18H21F4NO4S. The van der Waals surface area contributed by atoms with Gasteiger partial charge in [-0.2, -0.15) is 8.78 Å². The molecule has 0 radical (unpaired) electrons. The summed E-state index contributed by atoms with van der Waals surface area (Å²) in [5.74, 6) is -8.87. The summed E-state index contributed by atoms with van der Waals surface area (Å²) in [4.78, 5) is 14.2. The Kier molecular flexibility index (Phi) is 6.16. The summed E-state index contributed by atoms with van der Waals surface area (Å²) in [6.45, 7) is -0.843. The van der Waals surface area contributed by atoms with Gasteiger partial charge < -0.3 is 9.64 Å². The lowest BCUT2D eigenvalue weighted by Gasteiger charge is -2.38. The maximum Gasteiger partial charge on any atom is 0.261 e. The SMILES string of the molecule is O=C(COc1c(F)c(F)cc(F)c1F)N(C1CCCCC1)C1CCS(=O)(=O)C1. The van der Waals surface area contributed by atoms with Crippen LogP contribution in [0.15, 0.2) is 6.07 Å². The third-order valence-corrected chi connectivity index (χ3v) is 7.02. The highest BCUT2D eigenvalue weighted by molar-refractivity contribution is 7.91. The van der Waals surface area contributed by atoms with E-state index in [1.54, 1.807) is 0 Å². The van der Waals surface area contributed by atoms with E-state index in [2.05, 4.69) is 0 Å². The van der Waals surface area contributed by atoms with E-state index >= 15 is 0 Å². The van der Waals surface area contributed by atoms with Crippen LogP contribution < -0.4 is 4.74 Å². The smallest absolute Gasteiger partial charge is 0.261 e. The second-order valence-electron chi connectivity index (χ2n) is 7.24. The van der Waals surface area contributed by atoms with Crippen LogP contribution in [0.25, 0.3) is 0 Å². The molecule has 1 aliphatic heterocycles. The number of hydrogen-bond acceptors (Lipinski definition) is 4. The van der Waals surface area contributed by atoms with Crippen molar-refractivity contribution in [3.63, 3.8) is 0 Å². The number of carbonyl (C=O) groups excluding carboxylic acids is 1. The standard InChI is InChI=1S/C18H21F4NO4S/c19-13-8-14(20)17(22)18(16(13)21)27-9-15(24)23(11-4-2-1-3-5-11)12-6-7-28(25,26)10-12/h8,11-12H,1-7,9-10H2. The molecule has 1 aromatic rings. The number of amides is 1. The summed E-state index contributed by atoms with van der Waals surface area (Å²) in [7, 11) is -3.26. The van der Waals surface area contributed by atoms with Crippen molar-refractivity contribution in [1.82, 2.24) is 4.90 Å². The Morgan fingerprint density at radius 2 is 1.61 bits per heavy atom. The van der Waals surface area contributed by atoms with Crippen molar-refractivity contribution in [3.05, 3.63) is 29.3 Å². The molecule has 1 amide bonds. The number of carbonyl (C=O) groups is 1. The van der Waals surface area contributed by atoms with Crippen LogP contribution in [0.5, 0.6) is 5.75 Å². The summed E-state index contributed by atoms with van der Waals surface area (Å²) >= 11 is 0. The van der Waals surface area contributed by atoms with Gasteiger partial charge in [0.15, 0.2) is 33.8 Å². The lowest BCUT2D eigenvalue weighted by Crippen LogP contribution is -2.50. The number of ether oxygens (including phenoxy) is 1. The van der Waals surface area contributed by atoms with E-state index in [-0.39, 0.29) is 30.0 Å². The molecule has 5 nitrogen and oxygen atoms in total. The average Bonchev–Trinajstić information content (AvgIpc) is 3.00. The molecule has 1 saturated heterocycles. The summed E-state index contributed by atoms with van der Waals surface area (Å²) < 4.78 is 82.6. The first kappa shape index (κ1) is 20.9. The van der Waals surface area contributed by atoms with E-state index in [1.807, 2.05) is 0 Å². The van der Waals surface area contributed by atoms with Gasteiger partial charge in [-0.05, 0) is 19.3 Å². The van der Waals surface area contributed by atoms with Gasteiger partial charge in [-0.1, -0.05) is 19.3 Å². The third-order valence-electron chi connectivity index (χ3n) is 5.27. The Bertz CT molecular complexity index is 829. The zero-order chi connectivity index (χ0) is 20.5. The Morgan fingerprint density at radius 1 is 1.00 bits per heavy atom. The second kappa shape index (κ2) is 8.26. The van der Waals surface area contributed by atoms with Crippen LogP contribution in [0, 0.1) is 23.3 Å². The topological polar surface area (TPSA) is 63.7 Å². The van der Waals surface area contributed by atoms with Gasteiger partial charge in [0.1, 0.15) is 0 Å². The lowest BCUT2D eigenvalue weighted by molar-refractivity contribution is -0.138. The van der Waals surface area contributed by atoms with E-state index < -0.39 is 57.4 Å². The quantitative estimate of drug-likeness (QED) is 0.540. The summed E-state index contributed by atoms with van der Waals surface area (Å²) in [6, 6.07) is -0.679. The molecule has 0 aromatic heterocycles. The maximum atomic E-state index is 13.7. The zero-order valence-electron chi connectivity index (χ0n) is 15.1. The van der Waals surface area contributed by atoms with E-state index in [1.165, 1.54) is 4.90 Å². The van der Waals surface area contributed by atoms with Gasteiger partial charge in [-0.15, -0.1) is 0 Å². The van der Waals surface area contributed by atoms with Crippen molar-refractivity contribution in [1.29, 1.82) is 0 Å². The first-order valence-corrected chi connectivity index (χ1v) is 11.0. The Morgan fingerprint density at radius 3 is 2.14 bits per heavy atom. The van der Waals surface area contributed by atoms with Crippen molar-refractivity contribution in [3.8, 4) is 5.75 Å². The molecule has 28 heavy (non-hydrogen) atoms. The first-order valence-electron chi connectivity index (χ1n) is 9.17. The van der Waals surface area contributed by atoms with Crippen molar-refractivity contribution in [2.24, 2.45) is 0 Å². The fourth-order valence-electron chi connectivity index (χ4n) is 3.95. The highest BCUT2D eigenvalue weighted by Gasteiger charge is 2.38. The number of benzene rings is 1. The molecule has 2 aliphatic rings. The van der Waals surface area contributed by atoms with Gasteiger partial charge in [0.25, 0.3) is 5.91 Å². The molecule has 0 bridgehead atoms. The normalized spacial score (nSPS) is 22.2. The minimum absolute atomic E-state index is 0.0343. The summed E-state index contributed by atoms with van der Waals surface area (Å²) in [6.07, 6.45) is 4.44. The first-order chi connectivity index (χ1) is 13.2. The molecule has 1 aromatic carbocycles. The Hall–Kier alpha value is -1.84. The highest BCUT2D eigenvalue weighted by atomic mass is 32.2. The Labute approximate surface area is 160 Å². The fraction of sp³-hybridized carbons (Fsp3) is 0.611. The van der Waals surface area contributed by atoms with Crippen LogP contribution in [-0.4, -0.2) is 49.4 Å². The van der Waals surface area contributed by atoms with Crippen molar-refractivity contribution in [2.75, 3.05) is 18.1 Å². The van der Waals surface area contributed by atoms with Gasteiger partial charge in [0.05, 0.1) is 11.5 Å². The number of halogens is 4. The molecular weight excluding hydrogens is 402 g/mol. The van der Waals surface area contributed by atoms with Crippen LogP contribution in [0.1, 0.15) is 38.5 Å². The molecule has 10 heteroatoms. The van der Waals surface area contributed by atoms with Gasteiger partial charge >= 0.3 is 0 Å². The van der Waals surface area contributed by atoms with E-state index in [4.69, 9.17) is 4.74 Å². The van der Waals surface area contributed by atoms with Gasteiger partial charge in [-0.3, -0.25) is 4.79 Å². The average molecular weight is 423 g/mol. The van der Waals surface area contributed by atoms with Crippen LogP contribution in [-0.2, 0) is 14.6 Å². The Balaban J connectivity index is 1.78. The van der Waals surface area contributed by atoms with E-state index in [0.29, 0.717) is 12.8 Å². The van der Waals surface area contributed by atoms with Gasteiger partial charge in [0.2, 0.25) is 11.6 Å². The third kappa shape index (κ3) is 4.42. The monoisotopic (exact) mass is 423 g/mol. The largest absolute Gasteiger partial charge is 0.477 e. The molecule has 1 atom stereocenters. The maximum absolute atomic E-state index is 13.7.